The van der Waals surface area contributed by atoms with Crippen molar-refractivity contribution in [3.8, 4) is 34.0 Å². The van der Waals surface area contributed by atoms with Crippen molar-refractivity contribution in [2.75, 3.05) is 0 Å². The molecule has 0 aliphatic heterocycles. The summed E-state index contributed by atoms with van der Waals surface area (Å²) in [4.78, 5) is 11.0. The Morgan fingerprint density at radius 3 is 2.12 bits per heavy atom. The Kier molecular flexibility index (Phi) is 5.89. The van der Waals surface area contributed by atoms with Gasteiger partial charge in [-0.15, -0.1) is 0 Å². The smallest absolute Gasteiger partial charge is 0.235 e. The van der Waals surface area contributed by atoms with Crippen LogP contribution in [0.2, 0.25) is 0 Å². The molecule has 0 spiro atoms. The number of allylic oxidation sites excluding steroid dienone is 1. The summed E-state index contributed by atoms with van der Waals surface area (Å²) in [6, 6.07) is 49.8. The van der Waals surface area contributed by atoms with E-state index in [1.807, 2.05) is 0 Å². The first-order valence-corrected chi connectivity index (χ1v) is 16.9. The highest BCUT2D eigenvalue weighted by Gasteiger charge is 2.33. The molecule has 3 heterocycles. The SMILES string of the molecule is CC1(C)C=Cc2nc(-n3c4ccccc4c4ccc5c(ccn5-c5ccccc5)c43)nc(-c3ccccc3-c3cccc4ccccc34)c21. The van der Waals surface area contributed by atoms with Crippen LogP contribution in [-0.2, 0) is 5.41 Å². The predicted molar refractivity (Wildman–Crippen MR) is 204 cm³/mol. The Labute approximate surface area is 284 Å². The van der Waals surface area contributed by atoms with Gasteiger partial charge in [0.15, 0.2) is 0 Å². The average molecular weight is 629 g/mol. The molecule has 6 aromatic carbocycles. The van der Waals surface area contributed by atoms with Crippen LogP contribution in [-0.4, -0.2) is 19.1 Å². The Morgan fingerprint density at radius 2 is 1.24 bits per heavy atom. The summed E-state index contributed by atoms with van der Waals surface area (Å²) in [6.45, 7) is 4.53. The third kappa shape index (κ3) is 4.10. The highest BCUT2D eigenvalue weighted by molar-refractivity contribution is 6.18. The lowest BCUT2D eigenvalue weighted by Gasteiger charge is -2.23. The van der Waals surface area contributed by atoms with Crippen molar-refractivity contribution in [3.63, 3.8) is 0 Å². The van der Waals surface area contributed by atoms with Gasteiger partial charge < -0.3 is 4.57 Å². The molecule has 0 unspecified atom stereocenters. The maximum Gasteiger partial charge on any atom is 0.235 e. The molecule has 3 aromatic heterocycles. The van der Waals surface area contributed by atoms with Crippen molar-refractivity contribution in [1.82, 2.24) is 19.1 Å². The summed E-state index contributed by atoms with van der Waals surface area (Å²) in [6.07, 6.45) is 6.62. The molecule has 49 heavy (non-hydrogen) atoms. The lowest BCUT2D eigenvalue weighted by atomic mass is 9.83. The molecule has 4 heteroatoms. The Bertz CT molecular complexity index is 2790. The maximum absolute atomic E-state index is 5.60. The van der Waals surface area contributed by atoms with Crippen LogP contribution in [0, 0.1) is 0 Å². The van der Waals surface area contributed by atoms with Gasteiger partial charge in [0.2, 0.25) is 5.95 Å². The zero-order valence-electron chi connectivity index (χ0n) is 27.3. The van der Waals surface area contributed by atoms with Gasteiger partial charge in [0.25, 0.3) is 0 Å². The van der Waals surface area contributed by atoms with E-state index in [9.17, 15) is 0 Å². The lowest BCUT2D eigenvalue weighted by Crippen LogP contribution is -2.16. The molecule has 232 valence electrons. The molecule has 1 aliphatic rings. The first kappa shape index (κ1) is 27.8. The van der Waals surface area contributed by atoms with Gasteiger partial charge in [-0.2, -0.15) is 0 Å². The van der Waals surface area contributed by atoms with Crippen molar-refractivity contribution in [2.24, 2.45) is 0 Å². The van der Waals surface area contributed by atoms with Gasteiger partial charge in [-0.25, -0.2) is 9.97 Å². The molecular weight excluding hydrogens is 597 g/mol. The van der Waals surface area contributed by atoms with Crippen LogP contribution in [0.1, 0.15) is 25.1 Å². The van der Waals surface area contributed by atoms with Gasteiger partial charge in [0.05, 0.1) is 27.9 Å². The van der Waals surface area contributed by atoms with Gasteiger partial charge in [0, 0.05) is 44.6 Å². The summed E-state index contributed by atoms with van der Waals surface area (Å²) < 4.78 is 4.54. The fourth-order valence-electron chi connectivity index (χ4n) is 7.97. The van der Waals surface area contributed by atoms with Crippen LogP contribution in [0.25, 0.3) is 83.6 Å². The van der Waals surface area contributed by atoms with Crippen LogP contribution in [0.5, 0.6) is 0 Å². The standard InChI is InChI=1S/C45H32N4/c1-45(2)27-25-38-41(45)42(35-20-9-8-18-33(35)32-21-12-14-29-13-6-7-17-31(29)32)47-44(46-38)49-40-22-11-10-19-34(40)36-23-24-39-37(43(36)49)26-28-48(39)30-15-4-3-5-16-30/h3-28H,1-2H3. The first-order chi connectivity index (χ1) is 24.1. The minimum atomic E-state index is -0.226. The third-order valence-electron chi connectivity index (χ3n) is 10.2. The molecular formula is C45H32N4. The van der Waals surface area contributed by atoms with Crippen LogP contribution in [0.3, 0.4) is 0 Å². The number of rotatable bonds is 4. The van der Waals surface area contributed by atoms with E-state index in [-0.39, 0.29) is 5.41 Å². The topological polar surface area (TPSA) is 35.6 Å². The minimum Gasteiger partial charge on any atom is -0.316 e. The van der Waals surface area contributed by atoms with Crippen molar-refractivity contribution >= 4 is 49.6 Å². The summed E-state index contributed by atoms with van der Waals surface area (Å²) >= 11 is 0. The van der Waals surface area contributed by atoms with Crippen LogP contribution in [0.15, 0.2) is 152 Å². The first-order valence-electron chi connectivity index (χ1n) is 16.9. The zero-order chi connectivity index (χ0) is 32.7. The molecule has 0 saturated carbocycles. The predicted octanol–water partition coefficient (Wildman–Crippen LogP) is 11.3. The molecule has 4 nitrogen and oxygen atoms in total. The Balaban J connectivity index is 1.29. The average Bonchev–Trinajstić information content (AvgIpc) is 3.82. The van der Waals surface area contributed by atoms with E-state index >= 15 is 0 Å². The highest BCUT2D eigenvalue weighted by Crippen LogP contribution is 2.45. The second-order valence-corrected chi connectivity index (χ2v) is 13.5. The van der Waals surface area contributed by atoms with E-state index in [2.05, 4.69) is 181 Å². The van der Waals surface area contributed by atoms with Crippen LogP contribution < -0.4 is 0 Å². The van der Waals surface area contributed by atoms with Crippen LogP contribution in [0.4, 0.5) is 0 Å². The zero-order valence-corrected chi connectivity index (χ0v) is 27.3. The largest absolute Gasteiger partial charge is 0.316 e. The molecule has 0 saturated heterocycles. The van der Waals surface area contributed by atoms with E-state index in [1.165, 1.54) is 32.7 Å². The van der Waals surface area contributed by atoms with Gasteiger partial charge in [0.1, 0.15) is 0 Å². The van der Waals surface area contributed by atoms with Crippen molar-refractivity contribution < 1.29 is 0 Å². The Morgan fingerprint density at radius 1 is 0.531 bits per heavy atom. The summed E-state index contributed by atoms with van der Waals surface area (Å²) in [5, 5.41) is 5.99. The Hall–Kier alpha value is -6.26. The molecule has 0 atom stereocenters. The molecule has 9 aromatic rings. The minimum absolute atomic E-state index is 0.226. The molecule has 0 fully saturated rings. The van der Waals surface area contributed by atoms with E-state index < -0.39 is 0 Å². The number of nitrogens with zero attached hydrogens (tertiary/aromatic N) is 4. The summed E-state index contributed by atoms with van der Waals surface area (Å²) in [5.74, 6) is 0.676. The lowest BCUT2D eigenvalue weighted by molar-refractivity contribution is 0.677. The number of benzene rings is 6. The number of fused-ring (bicyclic) bond motifs is 7. The van der Waals surface area contributed by atoms with Gasteiger partial charge in [-0.1, -0.05) is 129 Å². The number of aromatic nitrogens is 4. The van der Waals surface area contributed by atoms with Gasteiger partial charge in [-0.3, -0.25) is 4.57 Å². The number of hydrogen-bond acceptors (Lipinski definition) is 2. The van der Waals surface area contributed by atoms with Crippen molar-refractivity contribution in [1.29, 1.82) is 0 Å². The fourth-order valence-corrected chi connectivity index (χ4v) is 7.97. The monoisotopic (exact) mass is 628 g/mol. The number of para-hydroxylation sites is 2. The molecule has 10 rings (SSSR count). The summed E-state index contributed by atoms with van der Waals surface area (Å²) in [7, 11) is 0. The highest BCUT2D eigenvalue weighted by atomic mass is 15.2. The van der Waals surface area contributed by atoms with Crippen molar-refractivity contribution in [3.05, 3.63) is 163 Å². The summed E-state index contributed by atoms with van der Waals surface area (Å²) in [5.41, 5.74) is 10.8. The number of hydrogen-bond donors (Lipinski definition) is 0. The van der Waals surface area contributed by atoms with Crippen molar-refractivity contribution in [2.45, 2.75) is 19.3 Å². The molecule has 0 radical (unpaired) electrons. The van der Waals surface area contributed by atoms with E-state index in [0.29, 0.717) is 5.95 Å². The quantitative estimate of drug-likeness (QED) is 0.194. The molecule has 0 bridgehead atoms. The maximum atomic E-state index is 5.60. The molecule has 1 aliphatic carbocycles. The normalized spacial score (nSPS) is 13.6. The third-order valence-corrected chi connectivity index (χ3v) is 10.2. The van der Waals surface area contributed by atoms with E-state index in [4.69, 9.17) is 9.97 Å². The molecule has 0 amide bonds. The van der Waals surface area contributed by atoms with E-state index in [0.717, 1.165) is 50.1 Å². The fraction of sp³-hybridized carbons (Fsp3) is 0.0667. The van der Waals surface area contributed by atoms with Gasteiger partial charge >= 0.3 is 0 Å². The second-order valence-electron chi connectivity index (χ2n) is 13.5. The molecule has 0 N–H and O–H groups in total. The second kappa shape index (κ2) is 10.4. The van der Waals surface area contributed by atoms with Crippen LogP contribution >= 0.6 is 0 Å². The van der Waals surface area contributed by atoms with Gasteiger partial charge in [-0.05, 0) is 58.3 Å². The van der Waals surface area contributed by atoms with E-state index in [1.54, 1.807) is 0 Å².